The zero-order valence-corrected chi connectivity index (χ0v) is 14.3. The zero-order chi connectivity index (χ0) is 14.9. The third-order valence-electron chi connectivity index (χ3n) is 3.46. The Bertz CT molecular complexity index is 515. The van der Waals surface area contributed by atoms with E-state index >= 15 is 0 Å². The van der Waals surface area contributed by atoms with Crippen molar-refractivity contribution in [2.75, 3.05) is 0 Å². The Morgan fingerprint density at radius 1 is 1.45 bits per heavy atom. The standard InChI is InChI=1S/C14H19BrN2O2S/c1-8(2)6-11-14(19)17(9(3)13(18)16-11)7-12-10(15)4-5-20-12/h4-5,8-9,11H,6-7H2,1-3H3,(H,16,18). The average Bonchev–Trinajstić information content (AvgIpc) is 2.77. The minimum atomic E-state index is -0.417. The molecule has 0 aromatic carbocycles. The van der Waals surface area contributed by atoms with Gasteiger partial charge in [0.05, 0.1) is 6.54 Å². The van der Waals surface area contributed by atoms with Crippen LogP contribution in [0, 0.1) is 5.92 Å². The highest BCUT2D eigenvalue weighted by Crippen LogP contribution is 2.26. The molecule has 1 aliphatic heterocycles. The molecule has 20 heavy (non-hydrogen) atoms. The van der Waals surface area contributed by atoms with Gasteiger partial charge in [-0.1, -0.05) is 13.8 Å². The van der Waals surface area contributed by atoms with E-state index in [1.807, 2.05) is 11.4 Å². The van der Waals surface area contributed by atoms with E-state index in [1.165, 1.54) is 0 Å². The van der Waals surface area contributed by atoms with E-state index < -0.39 is 12.1 Å². The average molecular weight is 359 g/mol. The lowest BCUT2D eigenvalue weighted by Crippen LogP contribution is -2.62. The molecule has 6 heteroatoms. The Morgan fingerprint density at radius 2 is 2.15 bits per heavy atom. The molecule has 2 heterocycles. The summed E-state index contributed by atoms with van der Waals surface area (Å²) < 4.78 is 0.994. The van der Waals surface area contributed by atoms with E-state index in [-0.39, 0.29) is 11.8 Å². The topological polar surface area (TPSA) is 49.4 Å². The summed E-state index contributed by atoms with van der Waals surface area (Å²) in [7, 11) is 0. The quantitative estimate of drug-likeness (QED) is 0.899. The van der Waals surface area contributed by atoms with Gasteiger partial charge in [-0.25, -0.2) is 0 Å². The molecule has 2 rings (SSSR count). The van der Waals surface area contributed by atoms with Gasteiger partial charge in [0, 0.05) is 9.35 Å². The van der Waals surface area contributed by atoms with Gasteiger partial charge in [-0.3, -0.25) is 9.59 Å². The molecule has 0 bridgehead atoms. The Kier molecular flexibility index (Phi) is 4.86. The highest BCUT2D eigenvalue weighted by atomic mass is 79.9. The summed E-state index contributed by atoms with van der Waals surface area (Å²) in [6.07, 6.45) is 0.680. The van der Waals surface area contributed by atoms with Gasteiger partial charge in [0.15, 0.2) is 0 Å². The van der Waals surface area contributed by atoms with Crippen molar-refractivity contribution in [2.24, 2.45) is 5.92 Å². The van der Waals surface area contributed by atoms with Crippen LogP contribution >= 0.6 is 27.3 Å². The number of piperazine rings is 1. The summed E-state index contributed by atoms with van der Waals surface area (Å²) >= 11 is 5.07. The molecule has 1 N–H and O–H groups in total. The van der Waals surface area contributed by atoms with E-state index in [9.17, 15) is 9.59 Å². The van der Waals surface area contributed by atoms with Crippen molar-refractivity contribution < 1.29 is 9.59 Å². The first-order chi connectivity index (χ1) is 9.40. The van der Waals surface area contributed by atoms with Gasteiger partial charge in [-0.15, -0.1) is 11.3 Å². The van der Waals surface area contributed by atoms with E-state index in [0.717, 1.165) is 9.35 Å². The van der Waals surface area contributed by atoms with Crippen molar-refractivity contribution in [3.63, 3.8) is 0 Å². The smallest absolute Gasteiger partial charge is 0.246 e. The molecule has 1 fully saturated rings. The maximum Gasteiger partial charge on any atom is 0.246 e. The van der Waals surface area contributed by atoms with Crippen LogP contribution in [0.1, 0.15) is 32.1 Å². The van der Waals surface area contributed by atoms with Crippen LogP contribution in [0.2, 0.25) is 0 Å². The summed E-state index contributed by atoms with van der Waals surface area (Å²) in [5, 5.41) is 4.81. The highest BCUT2D eigenvalue weighted by molar-refractivity contribution is 9.10. The second-order valence-corrected chi connectivity index (χ2v) is 7.38. The Labute approximate surface area is 131 Å². The number of hydrogen-bond donors (Lipinski definition) is 1. The van der Waals surface area contributed by atoms with Gasteiger partial charge in [0.25, 0.3) is 0 Å². The van der Waals surface area contributed by atoms with E-state index in [0.29, 0.717) is 18.9 Å². The summed E-state index contributed by atoms with van der Waals surface area (Å²) in [5.41, 5.74) is 0. The molecule has 1 aromatic heterocycles. The monoisotopic (exact) mass is 358 g/mol. The molecule has 0 saturated carbocycles. The Morgan fingerprint density at radius 3 is 2.70 bits per heavy atom. The molecule has 1 saturated heterocycles. The molecule has 0 spiro atoms. The number of carbonyl (C=O) groups excluding carboxylic acids is 2. The van der Waals surface area contributed by atoms with Crippen molar-refractivity contribution in [2.45, 2.75) is 45.8 Å². The predicted octanol–water partition coefficient (Wildman–Crippen LogP) is 2.77. The van der Waals surface area contributed by atoms with E-state index in [1.54, 1.807) is 23.2 Å². The second kappa shape index (κ2) is 6.26. The Hall–Kier alpha value is -0.880. The molecule has 110 valence electrons. The minimum absolute atomic E-state index is 0.0195. The molecule has 2 atom stereocenters. The van der Waals surface area contributed by atoms with Crippen molar-refractivity contribution in [1.29, 1.82) is 0 Å². The largest absolute Gasteiger partial charge is 0.343 e. The number of amides is 2. The molecule has 4 nitrogen and oxygen atoms in total. The molecule has 0 radical (unpaired) electrons. The van der Waals surface area contributed by atoms with Crippen molar-refractivity contribution in [3.05, 3.63) is 20.8 Å². The van der Waals surface area contributed by atoms with Gasteiger partial charge in [0.2, 0.25) is 11.8 Å². The molecule has 0 aliphatic carbocycles. The van der Waals surface area contributed by atoms with Gasteiger partial charge >= 0.3 is 0 Å². The number of thiophene rings is 1. The predicted molar refractivity (Wildman–Crippen MR) is 83.4 cm³/mol. The summed E-state index contributed by atoms with van der Waals surface area (Å²) in [6, 6.07) is 1.16. The molecular formula is C14H19BrN2O2S. The van der Waals surface area contributed by atoms with Crippen LogP contribution in [-0.4, -0.2) is 28.8 Å². The number of nitrogens with one attached hydrogen (secondary N) is 1. The van der Waals surface area contributed by atoms with E-state index in [4.69, 9.17) is 0 Å². The van der Waals surface area contributed by atoms with Crippen molar-refractivity contribution in [3.8, 4) is 0 Å². The van der Waals surface area contributed by atoms with Crippen LogP contribution in [0.25, 0.3) is 0 Å². The fourth-order valence-corrected chi connectivity index (χ4v) is 3.80. The fraction of sp³-hybridized carbons (Fsp3) is 0.571. The first-order valence-corrected chi connectivity index (χ1v) is 8.40. The molecular weight excluding hydrogens is 340 g/mol. The SMILES string of the molecule is CC(C)CC1NC(=O)C(C)N(Cc2sccc2Br)C1=O. The Balaban J connectivity index is 2.18. The van der Waals surface area contributed by atoms with Crippen LogP contribution in [-0.2, 0) is 16.1 Å². The molecule has 2 unspecified atom stereocenters. The van der Waals surface area contributed by atoms with Crippen LogP contribution < -0.4 is 5.32 Å². The number of nitrogens with zero attached hydrogens (tertiary/aromatic N) is 1. The molecule has 1 aromatic rings. The zero-order valence-electron chi connectivity index (χ0n) is 11.9. The number of carbonyl (C=O) groups is 2. The summed E-state index contributed by atoms with van der Waals surface area (Å²) in [5.74, 6) is 0.321. The minimum Gasteiger partial charge on any atom is -0.343 e. The van der Waals surface area contributed by atoms with Gasteiger partial charge in [-0.05, 0) is 46.6 Å². The highest BCUT2D eigenvalue weighted by Gasteiger charge is 2.38. The second-order valence-electron chi connectivity index (χ2n) is 5.52. The van der Waals surface area contributed by atoms with Crippen LogP contribution in [0.5, 0.6) is 0 Å². The lowest BCUT2D eigenvalue weighted by molar-refractivity contribution is -0.149. The normalized spacial score (nSPS) is 23.4. The van der Waals surface area contributed by atoms with Crippen LogP contribution in [0.3, 0.4) is 0 Å². The molecule has 2 amide bonds. The lowest BCUT2D eigenvalue weighted by atomic mass is 9.99. The third kappa shape index (κ3) is 3.23. The van der Waals surface area contributed by atoms with Gasteiger partial charge < -0.3 is 10.2 Å². The third-order valence-corrected chi connectivity index (χ3v) is 5.37. The summed E-state index contributed by atoms with van der Waals surface area (Å²) in [6.45, 7) is 6.37. The lowest BCUT2D eigenvalue weighted by Gasteiger charge is -2.37. The maximum atomic E-state index is 12.6. The van der Waals surface area contributed by atoms with E-state index in [2.05, 4.69) is 35.1 Å². The summed E-state index contributed by atoms with van der Waals surface area (Å²) in [4.78, 5) is 27.4. The maximum absolute atomic E-state index is 12.6. The van der Waals surface area contributed by atoms with Crippen LogP contribution in [0.15, 0.2) is 15.9 Å². The first kappa shape index (κ1) is 15.5. The first-order valence-electron chi connectivity index (χ1n) is 6.73. The number of rotatable bonds is 4. The molecule has 1 aliphatic rings. The van der Waals surface area contributed by atoms with Crippen molar-refractivity contribution >= 4 is 39.1 Å². The van der Waals surface area contributed by atoms with Gasteiger partial charge in [-0.2, -0.15) is 0 Å². The van der Waals surface area contributed by atoms with Gasteiger partial charge in [0.1, 0.15) is 12.1 Å². The number of hydrogen-bond acceptors (Lipinski definition) is 3. The number of halogens is 1. The van der Waals surface area contributed by atoms with Crippen LogP contribution in [0.4, 0.5) is 0 Å². The fourth-order valence-electron chi connectivity index (χ4n) is 2.33. The van der Waals surface area contributed by atoms with Crippen molar-refractivity contribution in [1.82, 2.24) is 10.2 Å².